The molecule has 0 bridgehead atoms. The van der Waals surface area contributed by atoms with E-state index in [0.29, 0.717) is 24.5 Å². The number of rotatable bonds is 6. The van der Waals surface area contributed by atoms with E-state index in [1.54, 1.807) is 24.4 Å². The first-order valence-corrected chi connectivity index (χ1v) is 8.98. The Hall–Kier alpha value is -3.13. The van der Waals surface area contributed by atoms with Crippen LogP contribution in [0, 0.1) is 0 Å². The van der Waals surface area contributed by atoms with Crippen LogP contribution in [0.4, 0.5) is 24.7 Å². The molecule has 3 rings (SSSR count). The first kappa shape index (κ1) is 20.6. The molecule has 3 aromatic rings. The summed E-state index contributed by atoms with van der Waals surface area (Å²) in [6, 6.07) is 11.4. The summed E-state index contributed by atoms with van der Waals surface area (Å²) in [7, 11) is 0. The predicted octanol–water partition coefficient (Wildman–Crippen LogP) is 5.06. The molecule has 0 saturated heterocycles. The fraction of sp³-hybridized carbons (Fsp3) is 0.150. The molecule has 0 aliphatic rings. The number of carbonyl (C=O) groups excluding carboxylic acids is 1. The van der Waals surface area contributed by atoms with Gasteiger partial charge in [0.15, 0.2) is 0 Å². The van der Waals surface area contributed by atoms with Gasteiger partial charge in [-0.2, -0.15) is 13.2 Å². The molecule has 0 spiro atoms. The van der Waals surface area contributed by atoms with Crippen molar-refractivity contribution in [2.24, 2.45) is 0 Å². The van der Waals surface area contributed by atoms with Crippen molar-refractivity contribution in [2.45, 2.75) is 12.6 Å². The fourth-order valence-electron chi connectivity index (χ4n) is 2.61. The molecule has 2 N–H and O–H groups in total. The second kappa shape index (κ2) is 8.91. The molecular formula is C20H16ClF3N4O. The lowest BCUT2D eigenvalue weighted by Gasteiger charge is -2.10. The third kappa shape index (κ3) is 5.92. The van der Waals surface area contributed by atoms with E-state index in [1.165, 1.54) is 18.3 Å². The second-order valence-corrected chi connectivity index (χ2v) is 6.52. The molecule has 29 heavy (non-hydrogen) atoms. The van der Waals surface area contributed by atoms with Gasteiger partial charge in [0.2, 0.25) is 0 Å². The molecule has 0 aliphatic heterocycles. The normalized spacial score (nSPS) is 11.2. The van der Waals surface area contributed by atoms with Gasteiger partial charge in [-0.25, -0.2) is 4.98 Å². The highest BCUT2D eigenvalue weighted by Crippen LogP contribution is 2.29. The summed E-state index contributed by atoms with van der Waals surface area (Å²) in [5, 5.41) is 6.00. The van der Waals surface area contributed by atoms with Gasteiger partial charge in [-0.15, -0.1) is 0 Å². The molecular weight excluding hydrogens is 405 g/mol. The van der Waals surface area contributed by atoms with E-state index in [2.05, 4.69) is 20.6 Å². The highest BCUT2D eigenvalue weighted by Gasteiger charge is 2.30. The molecule has 0 fully saturated rings. The van der Waals surface area contributed by atoms with Gasteiger partial charge in [0.25, 0.3) is 5.91 Å². The number of hydrogen-bond donors (Lipinski definition) is 2. The topological polar surface area (TPSA) is 66.9 Å². The Morgan fingerprint density at radius 2 is 1.86 bits per heavy atom. The number of halogens is 4. The van der Waals surface area contributed by atoms with Crippen molar-refractivity contribution >= 4 is 29.0 Å². The molecule has 0 aliphatic carbocycles. The minimum absolute atomic E-state index is 0.0635. The Balaban J connectivity index is 1.61. The Morgan fingerprint density at radius 3 is 2.62 bits per heavy atom. The van der Waals surface area contributed by atoms with Crippen LogP contribution in [0.25, 0.3) is 0 Å². The smallest absolute Gasteiger partial charge is 0.368 e. The SMILES string of the molecule is O=C(Nc1cccc(CCNc2cncc(Cl)n2)c1)c1cccc(C(F)(F)F)c1. The fourth-order valence-corrected chi connectivity index (χ4v) is 2.75. The van der Waals surface area contributed by atoms with E-state index in [4.69, 9.17) is 11.6 Å². The van der Waals surface area contributed by atoms with Crippen molar-refractivity contribution in [3.8, 4) is 0 Å². The molecule has 2 aromatic carbocycles. The van der Waals surface area contributed by atoms with Crippen LogP contribution in [0.5, 0.6) is 0 Å². The summed E-state index contributed by atoms with van der Waals surface area (Å²) in [4.78, 5) is 20.3. The number of anilines is 2. The van der Waals surface area contributed by atoms with Gasteiger partial charge in [-0.05, 0) is 42.3 Å². The zero-order valence-corrected chi connectivity index (χ0v) is 15.8. The highest BCUT2D eigenvalue weighted by molar-refractivity contribution is 6.29. The van der Waals surface area contributed by atoms with E-state index < -0.39 is 17.6 Å². The summed E-state index contributed by atoms with van der Waals surface area (Å²) in [5.74, 6) is -0.0629. The highest BCUT2D eigenvalue weighted by atomic mass is 35.5. The monoisotopic (exact) mass is 420 g/mol. The first-order valence-electron chi connectivity index (χ1n) is 8.60. The van der Waals surface area contributed by atoms with Gasteiger partial charge in [0.05, 0.1) is 18.0 Å². The first-order chi connectivity index (χ1) is 13.8. The van der Waals surface area contributed by atoms with Crippen LogP contribution < -0.4 is 10.6 Å². The average Bonchev–Trinajstić information content (AvgIpc) is 2.68. The van der Waals surface area contributed by atoms with Gasteiger partial charge in [0, 0.05) is 17.8 Å². The zero-order chi connectivity index (χ0) is 20.9. The number of carbonyl (C=O) groups is 1. The Bertz CT molecular complexity index is 1010. The van der Waals surface area contributed by atoms with Gasteiger partial charge < -0.3 is 10.6 Å². The van der Waals surface area contributed by atoms with Crippen LogP contribution in [0.1, 0.15) is 21.5 Å². The Morgan fingerprint density at radius 1 is 1.07 bits per heavy atom. The van der Waals surface area contributed by atoms with E-state index in [0.717, 1.165) is 17.7 Å². The van der Waals surface area contributed by atoms with Gasteiger partial charge in [-0.3, -0.25) is 9.78 Å². The van der Waals surface area contributed by atoms with Crippen LogP contribution in [-0.2, 0) is 12.6 Å². The second-order valence-electron chi connectivity index (χ2n) is 6.14. The summed E-state index contributed by atoms with van der Waals surface area (Å²) in [6.45, 7) is 0.556. The maximum absolute atomic E-state index is 12.8. The van der Waals surface area contributed by atoms with E-state index in [1.807, 2.05) is 6.07 Å². The maximum Gasteiger partial charge on any atom is 0.416 e. The lowest BCUT2D eigenvalue weighted by atomic mass is 10.1. The predicted molar refractivity (Wildman–Crippen MR) is 105 cm³/mol. The molecule has 150 valence electrons. The lowest BCUT2D eigenvalue weighted by Crippen LogP contribution is -2.14. The molecule has 1 amide bonds. The number of alkyl halides is 3. The van der Waals surface area contributed by atoms with E-state index >= 15 is 0 Å². The van der Waals surface area contributed by atoms with Crippen molar-refractivity contribution in [2.75, 3.05) is 17.2 Å². The molecule has 1 aromatic heterocycles. The number of hydrogen-bond acceptors (Lipinski definition) is 4. The number of amides is 1. The molecule has 0 atom stereocenters. The molecule has 0 unspecified atom stereocenters. The van der Waals surface area contributed by atoms with Crippen molar-refractivity contribution in [3.63, 3.8) is 0 Å². The average molecular weight is 421 g/mol. The molecule has 1 heterocycles. The Kier molecular flexibility index (Phi) is 6.33. The molecule has 9 heteroatoms. The van der Waals surface area contributed by atoms with Crippen LogP contribution >= 0.6 is 11.6 Å². The van der Waals surface area contributed by atoms with Crippen molar-refractivity contribution < 1.29 is 18.0 Å². The quantitative estimate of drug-likeness (QED) is 0.585. The van der Waals surface area contributed by atoms with Crippen molar-refractivity contribution in [3.05, 3.63) is 82.8 Å². The third-order valence-electron chi connectivity index (χ3n) is 3.96. The number of nitrogens with zero attached hydrogens (tertiary/aromatic N) is 2. The number of aromatic nitrogens is 2. The van der Waals surface area contributed by atoms with Crippen LogP contribution in [0.2, 0.25) is 5.15 Å². The van der Waals surface area contributed by atoms with Crippen molar-refractivity contribution in [1.82, 2.24) is 9.97 Å². The van der Waals surface area contributed by atoms with Crippen LogP contribution in [-0.4, -0.2) is 22.4 Å². The molecule has 0 saturated carbocycles. The van der Waals surface area contributed by atoms with Gasteiger partial charge in [-0.1, -0.05) is 29.8 Å². The summed E-state index contributed by atoms with van der Waals surface area (Å²) in [6.07, 6.45) is -0.890. The number of nitrogens with one attached hydrogen (secondary N) is 2. The molecule has 5 nitrogen and oxygen atoms in total. The van der Waals surface area contributed by atoms with Gasteiger partial charge >= 0.3 is 6.18 Å². The molecule has 0 radical (unpaired) electrons. The number of benzene rings is 2. The standard InChI is InChI=1S/C20H16ClF3N4O/c21-17-11-25-12-18(28-17)26-8-7-13-3-1-6-16(9-13)27-19(29)14-4-2-5-15(10-14)20(22,23)24/h1-6,9-12H,7-8H2,(H,26,28)(H,27,29). The largest absolute Gasteiger partial charge is 0.416 e. The minimum atomic E-state index is -4.50. The van der Waals surface area contributed by atoms with E-state index in [9.17, 15) is 18.0 Å². The third-order valence-corrected chi connectivity index (χ3v) is 4.14. The van der Waals surface area contributed by atoms with E-state index in [-0.39, 0.29) is 10.7 Å². The van der Waals surface area contributed by atoms with Crippen molar-refractivity contribution in [1.29, 1.82) is 0 Å². The zero-order valence-electron chi connectivity index (χ0n) is 15.0. The minimum Gasteiger partial charge on any atom is -0.368 e. The summed E-state index contributed by atoms with van der Waals surface area (Å²) >= 11 is 5.78. The Labute approximate surface area is 170 Å². The summed E-state index contributed by atoms with van der Waals surface area (Å²) < 4.78 is 38.5. The van der Waals surface area contributed by atoms with Gasteiger partial charge in [0.1, 0.15) is 11.0 Å². The van der Waals surface area contributed by atoms with Crippen LogP contribution in [0.3, 0.4) is 0 Å². The summed E-state index contributed by atoms with van der Waals surface area (Å²) in [5.41, 5.74) is 0.488. The maximum atomic E-state index is 12.8. The van der Waals surface area contributed by atoms with Crippen LogP contribution in [0.15, 0.2) is 60.9 Å². The lowest BCUT2D eigenvalue weighted by molar-refractivity contribution is -0.137.